The van der Waals surface area contributed by atoms with Crippen LogP contribution in [0, 0.1) is 18.6 Å². The van der Waals surface area contributed by atoms with Gasteiger partial charge in [-0.3, -0.25) is 19.5 Å². The monoisotopic (exact) mass is 450 g/mol. The van der Waals surface area contributed by atoms with E-state index >= 15 is 0 Å². The molecular formula is C25H20F2N2O4. The SMILES string of the molecule is CCOc1ccc(/C(O)=C2\C(=O)C(=O)N(c3ccc(F)cc3F)C2c2cccnc2)cc1C. The molecule has 2 heterocycles. The van der Waals surface area contributed by atoms with E-state index in [1.807, 2.05) is 6.92 Å². The number of anilines is 1. The van der Waals surface area contributed by atoms with E-state index in [-0.39, 0.29) is 11.3 Å². The number of benzene rings is 2. The number of carbonyl (C=O) groups excluding carboxylic acids is 2. The quantitative estimate of drug-likeness (QED) is 0.347. The van der Waals surface area contributed by atoms with Crippen LogP contribution in [-0.2, 0) is 9.59 Å². The van der Waals surface area contributed by atoms with Gasteiger partial charge in [-0.05, 0) is 61.4 Å². The molecule has 1 unspecified atom stereocenters. The molecule has 0 spiro atoms. The normalized spacial score (nSPS) is 17.5. The summed E-state index contributed by atoms with van der Waals surface area (Å²) >= 11 is 0. The lowest BCUT2D eigenvalue weighted by molar-refractivity contribution is -0.132. The number of aliphatic hydroxyl groups is 1. The first-order chi connectivity index (χ1) is 15.8. The van der Waals surface area contributed by atoms with Crippen molar-refractivity contribution in [1.29, 1.82) is 0 Å². The number of aryl methyl sites for hydroxylation is 1. The predicted octanol–water partition coefficient (Wildman–Crippen LogP) is 4.69. The molecule has 1 aromatic heterocycles. The Morgan fingerprint density at radius 1 is 1.15 bits per heavy atom. The third-order valence-electron chi connectivity index (χ3n) is 5.36. The lowest BCUT2D eigenvalue weighted by Gasteiger charge is -2.25. The van der Waals surface area contributed by atoms with Gasteiger partial charge in [0.05, 0.1) is 23.9 Å². The minimum atomic E-state index is -1.16. The zero-order valence-electron chi connectivity index (χ0n) is 17.9. The summed E-state index contributed by atoms with van der Waals surface area (Å²) in [4.78, 5) is 31.0. The van der Waals surface area contributed by atoms with Crippen LogP contribution in [0.2, 0.25) is 0 Å². The van der Waals surface area contributed by atoms with E-state index in [1.165, 1.54) is 12.4 Å². The van der Waals surface area contributed by atoms with E-state index in [9.17, 15) is 23.5 Å². The highest BCUT2D eigenvalue weighted by atomic mass is 19.1. The maximum absolute atomic E-state index is 14.7. The van der Waals surface area contributed by atoms with E-state index in [2.05, 4.69) is 4.98 Å². The molecule has 168 valence electrons. The van der Waals surface area contributed by atoms with Crippen molar-refractivity contribution in [3.63, 3.8) is 0 Å². The minimum Gasteiger partial charge on any atom is -0.507 e. The summed E-state index contributed by atoms with van der Waals surface area (Å²) in [7, 11) is 0. The van der Waals surface area contributed by atoms with Gasteiger partial charge in [0, 0.05) is 24.0 Å². The molecule has 1 N–H and O–H groups in total. The molecule has 1 fully saturated rings. The van der Waals surface area contributed by atoms with Crippen molar-refractivity contribution >= 4 is 23.1 Å². The summed E-state index contributed by atoms with van der Waals surface area (Å²) in [5.41, 5.74) is 0.888. The standard InChI is InChI=1S/C25H20F2N2O4/c1-3-33-20-9-6-15(11-14(20)2)23(30)21-22(16-5-4-10-28-13-16)29(25(32)24(21)31)19-8-7-17(26)12-18(19)27/h4-13,22,30H,3H2,1-2H3/b23-21+. The summed E-state index contributed by atoms with van der Waals surface area (Å²) in [5.74, 6) is -3.67. The minimum absolute atomic E-state index is 0.222. The summed E-state index contributed by atoms with van der Waals surface area (Å²) in [6.07, 6.45) is 2.92. The zero-order valence-corrected chi connectivity index (χ0v) is 17.9. The Hall–Kier alpha value is -4.07. The Morgan fingerprint density at radius 2 is 1.94 bits per heavy atom. The molecule has 0 bridgehead atoms. The third kappa shape index (κ3) is 3.95. The maximum Gasteiger partial charge on any atom is 0.300 e. The number of amides is 1. The second-order valence-corrected chi connectivity index (χ2v) is 7.46. The molecule has 1 aliphatic rings. The molecule has 1 amide bonds. The number of aromatic nitrogens is 1. The molecular weight excluding hydrogens is 430 g/mol. The Bertz CT molecular complexity index is 1270. The van der Waals surface area contributed by atoms with E-state index in [0.29, 0.717) is 29.5 Å². The van der Waals surface area contributed by atoms with E-state index in [0.717, 1.165) is 22.6 Å². The number of rotatable bonds is 5. The number of hydrogen-bond acceptors (Lipinski definition) is 5. The molecule has 1 atom stereocenters. The third-order valence-corrected chi connectivity index (χ3v) is 5.36. The summed E-state index contributed by atoms with van der Waals surface area (Å²) < 4.78 is 33.7. The Kier molecular flexibility index (Phi) is 5.91. The number of halogens is 2. The fourth-order valence-electron chi connectivity index (χ4n) is 3.88. The molecule has 0 aliphatic carbocycles. The number of carbonyl (C=O) groups is 2. The van der Waals surface area contributed by atoms with Crippen molar-refractivity contribution in [3.05, 3.63) is 94.8 Å². The number of aliphatic hydroxyl groups excluding tert-OH is 1. The lowest BCUT2D eigenvalue weighted by atomic mass is 9.95. The van der Waals surface area contributed by atoms with Crippen LogP contribution in [0.25, 0.3) is 5.76 Å². The van der Waals surface area contributed by atoms with Gasteiger partial charge in [-0.1, -0.05) is 6.07 Å². The van der Waals surface area contributed by atoms with Crippen LogP contribution in [0.15, 0.2) is 66.5 Å². The van der Waals surface area contributed by atoms with E-state index < -0.39 is 35.1 Å². The average molecular weight is 450 g/mol. The maximum atomic E-state index is 14.7. The molecule has 3 aromatic rings. The van der Waals surface area contributed by atoms with Gasteiger partial charge < -0.3 is 9.84 Å². The van der Waals surface area contributed by atoms with Crippen molar-refractivity contribution in [3.8, 4) is 5.75 Å². The Labute approximate surface area is 188 Å². The largest absolute Gasteiger partial charge is 0.507 e. The number of hydrogen-bond donors (Lipinski definition) is 1. The smallest absolute Gasteiger partial charge is 0.300 e. The number of ketones is 1. The summed E-state index contributed by atoms with van der Waals surface area (Å²) in [5, 5.41) is 11.1. The zero-order chi connectivity index (χ0) is 23.7. The van der Waals surface area contributed by atoms with Gasteiger partial charge in [-0.2, -0.15) is 0 Å². The van der Waals surface area contributed by atoms with Crippen molar-refractivity contribution in [2.75, 3.05) is 11.5 Å². The lowest BCUT2D eigenvalue weighted by Crippen LogP contribution is -2.30. The van der Waals surface area contributed by atoms with Gasteiger partial charge in [0.15, 0.2) is 0 Å². The van der Waals surface area contributed by atoms with Gasteiger partial charge in [0.1, 0.15) is 23.1 Å². The second kappa shape index (κ2) is 8.82. The highest BCUT2D eigenvalue weighted by Crippen LogP contribution is 2.43. The van der Waals surface area contributed by atoms with Crippen LogP contribution in [0.4, 0.5) is 14.5 Å². The van der Waals surface area contributed by atoms with Gasteiger partial charge in [-0.15, -0.1) is 0 Å². The van der Waals surface area contributed by atoms with Crippen LogP contribution in [0.3, 0.4) is 0 Å². The molecule has 33 heavy (non-hydrogen) atoms. The summed E-state index contributed by atoms with van der Waals surface area (Å²) in [6, 6.07) is 9.60. The molecule has 2 aromatic carbocycles. The number of pyridine rings is 1. The number of nitrogens with zero attached hydrogens (tertiary/aromatic N) is 2. The molecule has 1 aliphatic heterocycles. The van der Waals surface area contributed by atoms with E-state index in [4.69, 9.17) is 4.74 Å². The van der Waals surface area contributed by atoms with E-state index in [1.54, 1.807) is 37.3 Å². The van der Waals surface area contributed by atoms with Crippen LogP contribution < -0.4 is 9.64 Å². The molecule has 6 nitrogen and oxygen atoms in total. The summed E-state index contributed by atoms with van der Waals surface area (Å²) in [6.45, 7) is 4.09. The average Bonchev–Trinajstić information content (AvgIpc) is 3.06. The highest BCUT2D eigenvalue weighted by Gasteiger charge is 2.47. The van der Waals surface area contributed by atoms with Crippen LogP contribution in [0.5, 0.6) is 5.75 Å². The van der Waals surface area contributed by atoms with Crippen LogP contribution in [-0.4, -0.2) is 28.4 Å². The fourth-order valence-corrected chi connectivity index (χ4v) is 3.88. The highest BCUT2D eigenvalue weighted by molar-refractivity contribution is 6.51. The molecule has 0 radical (unpaired) electrons. The van der Waals surface area contributed by atoms with Gasteiger partial charge in [0.25, 0.3) is 11.7 Å². The predicted molar refractivity (Wildman–Crippen MR) is 118 cm³/mol. The molecule has 1 saturated heterocycles. The van der Waals surface area contributed by atoms with Crippen molar-refractivity contribution in [2.45, 2.75) is 19.9 Å². The fraction of sp³-hybridized carbons (Fsp3) is 0.160. The van der Waals surface area contributed by atoms with Crippen molar-refractivity contribution in [1.82, 2.24) is 4.98 Å². The molecule has 0 saturated carbocycles. The topological polar surface area (TPSA) is 79.7 Å². The van der Waals surface area contributed by atoms with Crippen molar-refractivity contribution < 1.29 is 28.2 Å². The van der Waals surface area contributed by atoms with Crippen LogP contribution in [0.1, 0.15) is 29.7 Å². The Morgan fingerprint density at radius 3 is 2.58 bits per heavy atom. The molecule has 8 heteroatoms. The molecule has 4 rings (SSSR count). The number of Topliss-reactive ketones (excluding diaryl/α,β-unsaturated/α-hetero) is 1. The van der Waals surface area contributed by atoms with Crippen LogP contribution >= 0.6 is 0 Å². The first kappa shape index (κ1) is 22.1. The van der Waals surface area contributed by atoms with Gasteiger partial charge in [-0.25, -0.2) is 8.78 Å². The number of ether oxygens (including phenoxy) is 1. The van der Waals surface area contributed by atoms with Crippen molar-refractivity contribution in [2.24, 2.45) is 0 Å². The van der Waals surface area contributed by atoms with Gasteiger partial charge in [0.2, 0.25) is 0 Å². The first-order valence-corrected chi connectivity index (χ1v) is 10.2. The first-order valence-electron chi connectivity index (χ1n) is 10.2. The second-order valence-electron chi connectivity index (χ2n) is 7.46. The Balaban J connectivity index is 1.92. The van der Waals surface area contributed by atoms with Gasteiger partial charge >= 0.3 is 0 Å².